The summed E-state index contributed by atoms with van der Waals surface area (Å²) in [4.78, 5) is 19.4. The van der Waals surface area contributed by atoms with Gasteiger partial charge in [0.25, 0.3) is 0 Å². The number of likely N-dealkylation sites (tertiary alicyclic amines) is 1. The second kappa shape index (κ2) is 15.6. The maximum atomic E-state index is 12.3. The Morgan fingerprint density at radius 1 is 1.05 bits per heavy atom. The first-order valence-corrected chi connectivity index (χ1v) is 14.4. The second-order valence-electron chi connectivity index (χ2n) is 9.58. The molecule has 0 aromatic heterocycles. The average molecular weight is 533 g/mol. The largest absolute Gasteiger partial charge is 0.486 e. The summed E-state index contributed by atoms with van der Waals surface area (Å²) in [5.74, 6) is 2.42. The smallest absolute Gasteiger partial charge is 0.220 e. The maximum Gasteiger partial charge on any atom is 0.220 e. The van der Waals surface area contributed by atoms with E-state index in [2.05, 4.69) is 22.2 Å². The van der Waals surface area contributed by atoms with Gasteiger partial charge in [0.05, 0.1) is 10.8 Å². The highest BCUT2D eigenvalue weighted by molar-refractivity contribution is 7.85. The van der Waals surface area contributed by atoms with Gasteiger partial charge in [-0.3, -0.25) is 9.00 Å². The molecule has 4 rings (SSSR count). The molecule has 2 aromatic carbocycles. The van der Waals surface area contributed by atoms with E-state index in [-0.39, 0.29) is 11.9 Å². The number of hydrogen-bond donors (Lipinski definition) is 2. The molecule has 1 saturated heterocycles. The lowest BCUT2D eigenvalue weighted by molar-refractivity contribution is -0.137. The highest BCUT2D eigenvalue weighted by Gasteiger charge is 2.14. The Morgan fingerprint density at radius 2 is 1.76 bits per heavy atom. The van der Waals surface area contributed by atoms with Crippen LogP contribution < -0.4 is 19.7 Å². The van der Waals surface area contributed by atoms with Gasteiger partial charge >= 0.3 is 0 Å². The van der Waals surface area contributed by atoms with Crippen LogP contribution in [0.25, 0.3) is 0 Å². The molecule has 0 aliphatic carbocycles. The molecule has 9 heteroatoms. The third-order valence-corrected chi connectivity index (χ3v) is 7.77. The fourth-order valence-electron chi connectivity index (χ4n) is 4.31. The van der Waals surface area contributed by atoms with Crippen molar-refractivity contribution in [2.45, 2.75) is 62.8 Å². The number of rotatable bonds is 11. The number of carbonyl (C=O) groups excluding carboxylic acids is 1. The lowest BCUT2D eigenvalue weighted by Gasteiger charge is -2.20. The monoisotopic (exact) mass is 532 g/mol. The van der Waals surface area contributed by atoms with Gasteiger partial charge in [-0.15, -0.1) is 0 Å². The minimum absolute atomic E-state index is 0.0217. The lowest BCUT2D eigenvalue weighted by atomic mass is 10.1. The molecular formula is C28H40N2O6S. The molecule has 2 aromatic rings. The van der Waals surface area contributed by atoms with Gasteiger partial charge in [-0.05, 0) is 101 Å². The van der Waals surface area contributed by atoms with E-state index < -0.39 is 10.8 Å². The van der Waals surface area contributed by atoms with Crippen LogP contribution in [0.5, 0.6) is 17.2 Å². The summed E-state index contributed by atoms with van der Waals surface area (Å²) in [6, 6.07) is 12.4. The first-order chi connectivity index (χ1) is 17.9. The number of fused-ring (bicyclic) bond motifs is 1. The van der Waals surface area contributed by atoms with E-state index in [1.807, 2.05) is 25.1 Å². The van der Waals surface area contributed by atoms with Crippen molar-refractivity contribution in [3.8, 4) is 17.2 Å². The molecule has 37 heavy (non-hydrogen) atoms. The van der Waals surface area contributed by atoms with Crippen molar-refractivity contribution in [3.05, 3.63) is 48.0 Å². The standard InChI is InChI=1S/C23H29NO6S.C5H11N/c1-17(15-18-6-11-21-22(16-18)29-13-12-28-21)24-23(25)5-3-2-4-14-31(27)20-9-7-19(30-26)8-10-20;1-6-4-2-3-5-6/h6-11,16-17,26H,2-5,12-15H2,1H3,(H,24,25);2-5H2,1H3. The summed E-state index contributed by atoms with van der Waals surface area (Å²) < 4.78 is 23.4. The van der Waals surface area contributed by atoms with Crippen LogP contribution in [-0.4, -0.2) is 65.4 Å². The Hall–Kier alpha value is -2.62. The van der Waals surface area contributed by atoms with Crippen LogP contribution >= 0.6 is 0 Å². The van der Waals surface area contributed by atoms with Crippen molar-refractivity contribution in [3.63, 3.8) is 0 Å². The first kappa shape index (κ1) is 28.9. The van der Waals surface area contributed by atoms with Crippen molar-refractivity contribution < 1.29 is 28.6 Å². The number of nitrogens with zero attached hydrogens (tertiary/aromatic N) is 1. The molecule has 8 nitrogen and oxygen atoms in total. The van der Waals surface area contributed by atoms with E-state index in [1.165, 1.54) is 25.9 Å². The Morgan fingerprint density at radius 3 is 2.41 bits per heavy atom. The van der Waals surface area contributed by atoms with E-state index in [4.69, 9.17) is 14.7 Å². The number of ether oxygens (including phenoxy) is 2. The van der Waals surface area contributed by atoms with E-state index >= 15 is 0 Å². The van der Waals surface area contributed by atoms with Crippen LogP contribution in [0.1, 0.15) is 51.0 Å². The van der Waals surface area contributed by atoms with Gasteiger partial charge in [0.1, 0.15) is 13.2 Å². The predicted octanol–water partition coefficient (Wildman–Crippen LogP) is 4.44. The summed E-state index contributed by atoms with van der Waals surface area (Å²) in [5.41, 5.74) is 1.10. The lowest BCUT2D eigenvalue weighted by Crippen LogP contribution is -2.33. The topological polar surface area (TPSA) is 97.3 Å². The summed E-state index contributed by atoms with van der Waals surface area (Å²) in [6.07, 6.45) is 6.39. The summed E-state index contributed by atoms with van der Waals surface area (Å²) in [7, 11) is 1.08. The minimum Gasteiger partial charge on any atom is -0.486 e. The van der Waals surface area contributed by atoms with Crippen molar-refractivity contribution in [1.82, 2.24) is 10.2 Å². The van der Waals surface area contributed by atoms with Crippen LogP contribution in [0, 0.1) is 0 Å². The highest BCUT2D eigenvalue weighted by atomic mass is 32.2. The van der Waals surface area contributed by atoms with Crippen LogP contribution in [-0.2, 0) is 22.0 Å². The quantitative estimate of drug-likeness (QED) is 0.251. The van der Waals surface area contributed by atoms with Gasteiger partial charge in [-0.1, -0.05) is 12.5 Å². The van der Waals surface area contributed by atoms with Crippen LogP contribution in [0.2, 0.25) is 0 Å². The van der Waals surface area contributed by atoms with E-state index in [0.717, 1.165) is 42.7 Å². The summed E-state index contributed by atoms with van der Waals surface area (Å²) >= 11 is 0. The van der Waals surface area contributed by atoms with Crippen LogP contribution in [0.3, 0.4) is 0 Å². The van der Waals surface area contributed by atoms with Gasteiger partial charge in [0.2, 0.25) is 5.91 Å². The second-order valence-corrected chi connectivity index (χ2v) is 11.2. The zero-order valence-electron chi connectivity index (χ0n) is 21.9. The molecule has 2 aliphatic heterocycles. The normalized spacial score (nSPS) is 16.3. The van der Waals surface area contributed by atoms with Crippen molar-refractivity contribution in [1.29, 1.82) is 0 Å². The SMILES string of the molecule is CC(Cc1ccc2c(c1)OCCO2)NC(=O)CCCCCS(=O)c1ccc(OO)cc1.CN1CCCC1. The van der Waals surface area contributed by atoms with Crippen molar-refractivity contribution in [2.24, 2.45) is 0 Å². The molecule has 2 heterocycles. The molecule has 0 bridgehead atoms. The third kappa shape index (κ3) is 10.3. The molecular weight excluding hydrogens is 492 g/mol. The van der Waals surface area contributed by atoms with E-state index in [9.17, 15) is 9.00 Å². The molecule has 2 unspecified atom stereocenters. The molecule has 2 atom stereocenters. The number of carbonyl (C=O) groups is 1. The summed E-state index contributed by atoms with van der Waals surface area (Å²) in [6.45, 7) is 5.76. The Labute approximate surface area is 222 Å². The Bertz CT molecular complexity index is 995. The number of unbranched alkanes of at least 4 members (excludes halogenated alkanes) is 2. The van der Waals surface area contributed by atoms with Crippen LogP contribution in [0.15, 0.2) is 47.4 Å². The molecule has 1 fully saturated rings. The maximum absolute atomic E-state index is 12.3. The van der Waals surface area contributed by atoms with Crippen molar-refractivity contribution in [2.75, 3.05) is 39.1 Å². The van der Waals surface area contributed by atoms with Crippen molar-refractivity contribution >= 4 is 16.7 Å². The molecule has 204 valence electrons. The van der Waals surface area contributed by atoms with Gasteiger partial charge < -0.3 is 24.6 Å². The number of benzene rings is 2. The number of amides is 1. The fourth-order valence-corrected chi connectivity index (χ4v) is 5.45. The summed E-state index contributed by atoms with van der Waals surface area (Å²) in [5, 5.41) is 11.6. The first-order valence-electron chi connectivity index (χ1n) is 13.1. The molecule has 0 radical (unpaired) electrons. The average Bonchev–Trinajstić information content (AvgIpc) is 3.39. The number of hydrogen-bond acceptors (Lipinski definition) is 7. The molecule has 0 saturated carbocycles. The molecule has 2 N–H and O–H groups in total. The Balaban J connectivity index is 0.000000555. The fraction of sp³-hybridized carbons (Fsp3) is 0.536. The van der Waals surface area contributed by atoms with Gasteiger partial charge in [0, 0.05) is 23.1 Å². The minimum atomic E-state index is -1.10. The third-order valence-electron chi connectivity index (χ3n) is 6.31. The molecule has 2 aliphatic rings. The molecule has 1 amide bonds. The highest BCUT2D eigenvalue weighted by Crippen LogP contribution is 2.31. The molecule has 0 spiro atoms. The van der Waals surface area contributed by atoms with Gasteiger partial charge in [0.15, 0.2) is 17.2 Å². The number of nitrogens with one attached hydrogen (secondary N) is 1. The van der Waals surface area contributed by atoms with E-state index in [0.29, 0.717) is 36.0 Å². The zero-order valence-corrected chi connectivity index (χ0v) is 22.8. The van der Waals surface area contributed by atoms with Gasteiger partial charge in [-0.2, -0.15) is 0 Å². The Kier molecular flexibility index (Phi) is 12.2. The van der Waals surface area contributed by atoms with Crippen LogP contribution in [0.4, 0.5) is 0 Å². The van der Waals surface area contributed by atoms with E-state index in [1.54, 1.807) is 24.3 Å². The zero-order chi connectivity index (χ0) is 26.5. The predicted molar refractivity (Wildman–Crippen MR) is 145 cm³/mol. The van der Waals surface area contributed by atoms with Gasteiger partial charge in [-0.25, -0.2) is 5.26 Å².